The summed E-state index contributed by atoms with van der Waals surface area (Å²) in [4.78, 5) is 21.2. The van der Waals surface area contributed by atoms with E-state index in [0.29, 0.717) is 0 Å². The Morgan fingerprint density at radius 1 is 1.47 bits per heavy atom. The van der Waals surface area contributed by atoms with E-state index in [4.69, 9.17) is 9.94 Å². The lowest BCUT2D eigenvalue weighted by Gasteiger charge is -1.94. The fourth-order valence-electron chi connectivity index (χ4n) is 1.23. The highest BCUT2D eigenvalue weighted by atomic mass is 16.6. The van der Waals surface area contributed by atoms with Gasteiger partial charge in [0.15, 0.2) is 0 Å². The number of nitrogens with zero attached hydrogens (tertiary/aromatic N) is 2. The van der Waals surface area contributed by atoms with Crippen molar-refractivity contribution in [3.05, 3.63) is 33.9 Å². The van der Waals surface area contributed by atoms with Gasteiger partial charge >= 0.3 is 5.90 Å². The molecule has 2 rings (SSSR count). The summed E-state index contributed by atoms with van der Waals surface area (Å²) >= 11 is 0. The molecule has 0 amide bonds. The molecular weight excluding hydrogens is 204 g/mol. The Kier molecular flexibility index (Phi) is 1.86. The molecule has 7 heteroatoms. The first-order chi connectivity index (χ1) is 7.13. The average Bonchev–Trinajstić information content (AvgIpc) is 2.55. The summed E-state index contributed by atoms with van der Waals surface area (Å²) in [5.41, 5.74) is -0.193. The second-order valence-corrected chi connectivity index (χ2v) is 2.77. The summed E-state index contributed by atoms with van der Waals surface area (Å²) in [7, 11) is 0. The van der Waals surface area contributed by atoms with Gasteiger partial charge in [0.1, 0.15) is 5.75 Å². The molecule has 1 heterocycles. The number of non-ortho nitro benzene ring substituents is 1. The standard InChI is InChI=1S/C8H4N2O5/c11-7-5-3-4(10(13)14)1-2-6(5)15-8(7)9-12/h1-3,12H. The van der Waals surface area contributed by atoms with Crippen molar-refractivity contribution < 1.29 is 19.7 Å². The first kappa shape index (κ1) is 9.13. The Hall–Kier alpha value is -2.44. The Labute approximate surface area is 82.7 Å². The summed E-state index contributed by atoms with van der Waals surface area (Å²) in [6.45, 7) is 0. The normalized spacial score (nSPS) is 16.3. The number of hydrogen-bond acceptors (Lipinski definition) is 6. The van der Waals surface area contributed by atoms with Gasteiger partial charge in [-0.3, -0.25) is 14.9 Å². The number of Topliss-reactive ketones (excluding diaryl/α,β-unsaturated/α-hetero) is 1. The highest BCUT2D eigenvalue weighted by Crippen LogP contribution is 2.29. The second-order valence-electron chi connectivity index (χ2n) is 2.77. The van der Waals surface area contributed by atoms with Crippen LogP contribution in [0, 0.1) is 10.1 Å². The highest BCUT2D eigenvalue weighted by Gasteiger charge is 2.31. The van der Waals surface area contributed by atoms with Crippen molar-refractivity contribution in [3.8, 4) is 5.75 Å². The molecule has 7 nitrogen and oxygen atoms in total. The molecular formula is C8H4N2O5. The van der Waals surface area contributed by atoms with E-state index in [1.54, 1.807) is 0 Å². The van der Waals surface area contributed by atoms with Gasteiger partial charge in [0.25, 0.3) is 11.5 Å². The molecule has 1 aliphatic heterocycles. The summed E-state index contributed by atoms with van der Waals surface area (Å²) in [6, 6.07) is 3.56. The monoisotopic (exact) mass is 208 g/mol. The minimum atomic E-state index is -0.670. The van der Waals surface area contributed by atoms with E-state index in [2.05, 4.69) is 5.16 Å². The number of ketones is 1. The van der Waals surface area contributed by atoms with Crippen molar-refractivity contribution in [3.63, 3.8) is 0 Å². The fourth-order valence-corrected chi connectivity index (χ4v) is 1.23. The van der Waals surface area contributed by atoms with E-state index in [-0.39, 0.29) is 17.0 Å². The molecule has 1 aromatic rings. The predicted octanol–water partition coefficient (Wildman–Crippen LogP) is 0.958. The van der Waals surface area contributed by atoms with Crippen LogP contribution in [0.4, 0.5) is 5.69 Å². The van der Waals surface area contributed by atoms with Crippen molar-refractivity contribution >= 4 is 17.4 Å². The Bertz CT molecular complexity index is 494. The molecule has 0 unspecified atom stereocenters. The molecule has 0 aromatic heterocycles. The molecule has 0 aliphatic carbocycles. The van der Waals surface area contributed by atoms with E-state index in [0.717, 1.165) is 6.07 Å². The first-order valence-electron chi connectivity index (χ1n) is 3.86. The minimum absolute atomic E-state index is 0.0250. The topological polar surface area (TPSA) is 102 Å². The smallest absolute Gasteiger partial charge is 0.304 e. The van der Waals surface area contributed by atoms with E-state index in [1.807, 2.05) is 0 Å². The minimum Gasteiger partial charge on any atom is -0.433 e. The fraction of sp³-hybridized carbons (Fsp3) is 0. The zero-order valence-electron chi connectivity index (χ0n) is 7.21. The number of nitro benzene ring substituents is 1. The zero-order valence-corrected chi connectivity index (χ0v) is 7.21. The maximum Gasteiger partial charge on any atom is 0.304 e. The van der Waals surface area contributed by atoms with Gasteiger partial charge in [0.2, 0.25) is 0 Å². The van der Waals surface area contributed by atoms with Gasteiger partial charge in [-0.2, -0.15) is 0 Å². The Balaban J connectivity index is 2.53. The molecule has 15 heavy (non-hydrogen) atoms. The van der Waals surface area contributed by atoms with Crippen molar-refractivity contribution in [2.45, 2.75) is 0 Å². The summed E-state index contributed by atoms with van der Waals surface area (Å²) in [5, 5.41) is 21.5. The van der Waals surface area contributed by atoms with Crippen LogP contribution in [0.5, 0.6) is 5.75 Å². The molecule has 0 radical (unpaired) electrons. The van der Waals surface area contributed by atoms with Crippen LogP contribution in [0.1, 0.15) is 10.4 Å². The molecule has 0 fully saturated rings. The number of carbonyl (C=O) groups is 1. The predicted molar refractivity (Wildman–Crippen MR) is 47.3 cm³/mol. The SMILES string of the molecule is O=C1C(=NO)Oc2ccc([N+](=O)[O-])cc21. The molecule has 0 atom stereocenters. The average molecular weight is 208 g/mol. The first-order valence-corrected chi connectivity index (χ1v) is 3.86. The van der Waals surface area contributed by atoms with Crippen molar-refractivity contribution in [2.24, 2.45) is 5.16 Å². The van der Waals surface area contributed by atoms with E-state index < -0.39 is 16.6 Å². The third-order valence-electron chi connectivity index (χ3n) is 1.91. The Morgan fingerprint density at radius 3 is 2.80 bits per heavy atom. The van der Waals surface area contributed by atoms with Crippen molar-refractivity contribution in [1.29, 1.82) is 0 Å². The Morgan fingerprint density at radius 2 is 2.20 bits per heavy atom. The van der Waals surface area contributed by atoms with Crippen LogP contribution in [0.2, 0.25) is 0 Å². The van der Waals surface area contributed by atoms with Crippen LogP contribution < -0.4 is 4.74 Å². The summed E-state index contributed by atoms with van der Waals surface area (Å²) in [5.74, 6) is -1.000. The summed E-state index contributed by atoms with van der Waals surface area (Å²) < 4.78 is 4.83. The van der Waals surface area contributed by atoms with Crippen LogP contribution in [0.25, 0.3) is 0 Å². The number of ether oxygens (including phenoxy) is 1. The maximum atomic E-state index is 11.4. The molecule has 1 aliphatic rings. The quantitative estimate of drug-likeness (QED) is 0.420. The lowest BCUT2D eigenvalue weighted by Crippen LogP contribution is -2.11. The van der Waals surface area contributed by atoms with Gasteiger partial charge in [0.05, 0.1) is 10.5 Å². The van der Waals surface area contributed by atoms with Crippen molar-refractivity contribution in [2.75, 3.05) is 0 Å². The number of benzene rings is 1. The van der Waals surface area contributed by atoms with E-state index in [1.165, 1.54) is 12.1 Å². The van der Waals surface area contributed by atoms with Gasteiger partial charge < -0.3 is 9.94 Å². The van der Waals surface area contributed by atoms with E-state index in [9.17, 15) is 14.9 Å². The van der Waals surface area contributed by atoms with E-state index >= 15 is 0 Å². The number of oxime groups is 1. The number of rotatable bonds is 1. The number of hydrogen-bond donors (Lipinski definition) is 1. The van der Waals surface area contributed by atoms with Gasteiger partial charge in [0, 0.05) is 12.1 Å². The molecule has 0 bridgehead atoms. The van der Waals surface area contributed by atoms with Crippen LogP contribution in [-0.2, 0) is 0 Å². The lowest BCUT2D eigenvalue weighted by atomic mass is 10.1. The summed E-state index contributed by atoms with van der Waals surface area (Å²) in [6.07, 6.45) is 0. The van der Waals surface area contributed by atoms with Gasteiger partial charge in [-0.15, -0.1) is 0 Å². The zero-order chi connectivity index (χ0) is 11.0. The van der Waals surface area contributed by atoms with Crippen LogP contribution >= 0.6 is 0 Å². The second kappa shape index (κ2) is 3.05. The molecule has 1 N–H and O–H groups in total. The van der Waals surface area contributed by atoms with Gasteiger partial charge in [-0.25, -0.2) is 0 Å². The molecule has 76 valence electrons. The van der Waals surface area contributed by atoms with Crippen LogP contribution in [-0.4, -0.2) is 21.8 Å². The molecule has 0 saturated heterocycles. The van der Waals surface area contributed by atoms with Gasteiger partial charge in [-0.1, -0.05) is 0 Å². The molecule has 0 saturated carbocycles. The van der Waals surface area contributed by atoms with Gasteiger partial charge in [-0.05, 0) is 11.2 Å². The third kappa shape index (κ3) is 1.30. The molecule has 1 aromatic carbocycles. The van der Waals surface area contributed by atoms with Crippen LogP contribution in [0.15, 0.2) is 23.4 Å². The highest BCUT2D eigenvalue weighted by molar-refractivity contribution is 6.46. The maximum absolute atomic E-state index is 11.4. The number of nitro groups is 1. The van der Waals surface area contributed by atoms with Crippen molar-refractivity contribution in [1.82, 2.24) is 0 Å². The number of carbonyl (C=O) groups excluding carboxylic acids is 1. The largest absolute Gasteiger partial charge is 0.433 e. The number of fused-ring (bicyclic) bond motifs is 1. The lowest BCUT2D eigenvalue weighted by molar-refractivity contribution is -0.384. The third-order valence-corrected chi connectivity index (χ3v) is 1.91. The molecule has 0 spiro atoms. The van der Waals surface area contributed by atoms with Crippen LogP contribution in [0.3, 0.4) is 0 Å².